The number of allylic oxidation sites excluding steroid dienone is 1. The van der Waals surface area contributed by atoms with Crippen molar-refractivity contribution in [3.05, 3.63) is 53.1 Å². The van der Waals surface area contributed by atoms with Crippen LogP contribution in [-0.4, -0.2) is 33.6 Å². The number of carbonyl (C=O) groups excluding carboxylic acids is 2. The quantitative estimate of drug-likeness (QED) is 0.709. The Morgan fingerprint density at radius 1 is 1.41 bits per heavy atom. The highest BCUT2D eigenvalue weighted by atomic mass is 16.5. The molecular weight excluding hydrogens is 348 g/mol. The molecule has 0 bridgehead atoms. The molecule has 27 heavy (non-hydrogen) atoms. The lowest BCUT2D eigenvalue weighted by molar-refractivity contribution is -0.117. The molecule has 1 aliphatic rings. The SMILES string of the molecule is CC1=C(C(=O)NCCc2noc(C(C)C)n2)C(c2cccnc2)NC(=O)N1. The van der Waals surface area contributed by atoms with Crippen LogP contribution in [0.3, 0.4) is 0 Å². The van der Waals surface area contributed by atoms with Crippen LogP contribution >= 0.6 is 0 Å². The second kappa shape index (κ2) is 7.98. The van der Waals surface area contributed by atoms with Crippen LogP contribution in [0.4, 0.5) is 4.79 Å². The van der Waals surface area contributed by atoms with Gasteiger partial charge in [0.25, 0.3) is 5.91 Å². The minimum Gasteiger partial charge on any atom is -0.352 e. The van der Waals surface area contributed by atoms with Crippen LogP contribution in [0.2, 0.25) is 0 Å². The van der Waals surface area contributed by atoms with Crippen molar-refractivity contribution in [2.45, 2.75) is 39.2 Å². The van der Waals surface area contributed by atoms with Crippen molar-refractivity contribution in [2.24, 2.45) is 0 Å². The number of amides is 3. The zero-order valence-electron chi connectivity index (χ0n) is 15.4. The average Bonchev–Trinajstić information content (AvgIpc) is 3.11. The Morgan fingerprint density at radius 3 is 2.89 bits per heavy atom. The summed E-state index contributed by atoms with van der Waals surface area (Å²) in [5.74, 6) is 1.00. The normalized spacial score (nSPS) is 16.9. The number of hydrogen-bond donors (Lipinski definition) is 3. The molecule has 142 valence electrons. The van der Waals surface area contributed by atoms with E-state index in [0.29, 0.717) is 36.0 Å². The first-order valence-corrected chi connectivity index (χ1v) is 8.74. The Balaban J connectivity index is 1.69. The maximum absolute atomic E-state index is 12.8. The molecule has 0 fully saturated rings. The van der Waals surface area contributed by atoms with Crippen molar-refractivity contribution >= 4 is 11.9 Å². The van der Waals surface area contributed by atoms with E-state index >= 15 is 0 Å². The summed E-state index contributed by atoms with van der Waals surface area (Å²) < 4.78 is 5.16. The molecule has 0 radical (unpaired) electrons. The van der Waals surface area contributed by atoms with Crippen LogP contribution in [-0.2, 0) is 11.2 Å². The number of pyridine rings is 1. The van der Waals surface area contributed by atoms with Crippen LogP contribution in [0.25, 0.3) is 0 Å². The van der Waals surface area contributed by atoms with E-state index in [-0.39, 0.29) is 17.9 Å². The molecule has 2 aromatic heterocycles. The highest BCUT2D eigenvalue weighted by Gasteiger charge is 2.31. The van der Waals surface area contributed by atoms with Crippen molar-refractivity contribution in [3.63, 3.8) is 0 Å². The molecule has 3 N–H and O–H groups in total. The lowest BCUT2D eigenvalue weighted by atomic mass is 9.96. The number of aromatic nitrogens is 3. The first kappa shape index (κ1) is 18.6. The van der Waals surface area contributed by atoms with E-state index in [4.69, 9.17) is 4.52 Å². The predicted molar refractivity (Wildman–Crippen MR) is 96.4 cm³/mol. The fourth-order valence-corrected chi connectivity index (χ4v) is 2.78. The molecule has 3 rings (SSSR count). The molecule has 9 nitrogen and oxygen atoms in total. The van der Waals surface area contributed by atoms with Gasteiger partial charge in [-0.1, -0.05) is 25.1 Å². The van der Waals surface area contributed by atoms with E-state index < -0.39 is 6.04 Å². The molecule has 0 saturated heterocycles. The third-order valence-electron chi connectivity index (χ3n) is 4.14. The second-order valence-corrected chi connectivity index (χ2v) is 6.57. The summed E-state index contributed by atoms with van der Waals surface area (Å²) in [7, 11) is 0. The molecule has 1 atom stereocenters. The zero-order valence-corrected chi connectivity index (χ0v) is 15.4. The largest absolute Gasteiger partial charge is 0.352 e. The fraction of sp³-hybridized carbons (Fsp3) is 0.389. The molecule has 0 aliphatic carbocycles. The van der Waals surface area contributed by atoms with Gasteiger partial charge in [-0.2, -0.15) is 4.98 Å². The summed E-state index contributed by atoms with van der Waals surface area (Å²) in [4.78, 5) is 33.0. The van der Waals surface area contributed by atoms with E-state index in [9.17, 15) is 9.59 Å². The Bertz CT molecular complexity index is 859. The van der Waals surface area contributed by atoms with Gasteiger partial charge in [0.05, 0.1) is 11.6 Å². The van der Waals surface area contributed by atoms with E-state index in [0.717, 1.165) is 5.56 Å². The summed E-state index contributed by atoms with van der Waals surface area (Å²) >= 11 is 0. The topological polar surface area (TPSA) is 122 Å². The molecule has 1 aliphatic heterocycles. The average molecular weight is 370 g/mol. The van der Waals surface area contributed by atoms with E-state index in [2.05, 4.69) is 31.1 Å². The Labute approximate surface area is 156 Å². The molecule has 0 spiro atoms. The molecule has 9 heteroatoms. The first-order valence-electron chi connectivity index (χ1n) is 8.74. The number of carbonyl (C=O) groups is 2. The van der Waals surface area contributed by atoms with Crippen molar-refractivity contribution in [1.29, 1.82) is 0 Å². The number of nitrogens with one attached hydrogen (secondary N) is 3. The highest BCUT2D eigenvalue weighted by Crippen LogP contribution is 2.26. The van der Waals surface area contributed by atoms with Crippen LogP contribution in [0, 0.1) is 0 Å². The van der Waals surface area contributed by atoms with E-state index in [1.807, 2.05) is 19.9 Å². The van der Waals surface area contributed by atoms with Gasteiger partial charge < -0.3 is 20.5 Å². The van der Waals surface area contributed by atoms with Gasteiger partial charge in [-0.25, -0.2) is 4.79 Å². The summed E-state index contributed by atoms with van der Waals surface area (Å²) in [6.07, 6.45) is 3.72. The van der Waals surface area contributed by atoms with E-state index in [1.54, 1.807) is 25.4 Å². The second-order valence-electron chi connectivity index (χ2n) is 6.57. The van der Waals surface area contributed by atoms with Gasteiger partial charge in [-0.3, -0.25) is 9.78 Å². The van der Waals surface area contributed by atoms with Crippen molar-refractivity contribution in [1.82, 2.24) is 31.1 Å². The number of rotatable bonds is 6. The predicted octanol–water partition coefficient (Wildman–Crippen LogP) is 1.57. The maximum Gasteiger partial charge on any atom is 0.319 e. The van der Waals surface area contributed by atoms with Gasteiger partial charge in [0.15, 0.2) is 5.82 Å². The molecular formula is C18H22N6O3. The Kier molecular flexibility index (Phi) is 5.49. The summed E-state index contributed by atoms with van der Waals surface area (Å²) in [5.41, 5.74) is 1.68. The minimum atomic E-state index is -0.565. The Hall–Kier alpha value is -3.23. The minimum absolute atomic E-state index is 0.158. The smallest absolute Gasteiger partial charge is 0.319 e. The third-order valence-corrected chi connectivity index (χ3v) is 4.14. The number of nitrogens with zero attached hydrogens (tertiary/aromatic N) is 3. The van der Waals surface area contributed by atoms with Crippen molar-refractivity contribution < 1.29 is 14.1 Å². The fourth-order valence-electron chi connectivity index (χ4n) is 2.78. The molecule has 0 aromatic carbocycles. The number of hydrogen-bond acceptors (Lipinski definition) is 6. The van der Waals surface area contributed by atoms with Crippen LogP contribution < -0.4 is 16.0 Å². The lowest BCUT2D eigenvalue weighted by Crippen LogP contribution is -2.47. The molecule has 3 heterocycles. The lowest BCUT2D eigenvalue weighted by Gasteiger charge is -2.28. The van der Waals surface area contributed by atoms with Gasteiger partial charge >= 0.3 is 6.03 Å². The molecule has 0 saturated carbocycles. The number of urea groups is 1. The maximum atomic E-state index is 12.8. The van der Waals surface area contributed by atoms with Gasteiger partial charge in [-0.15, -0.1) is 0 Å². The van der Waals surface area contributed by atoms with E-state index in [1.165, 1.54) is 0 Å². The summed E-state index contributed by atoms with van der Waals surface area (Å²) in [6.45, 7) is 5.99. The van der Waals surface area contributed by atoms with Crippen molar-refractivity contribution in [3.8, 4) is 0 Å². The van der Waals surface area contributed by atoms with Gasteiger partial charge in [0.2, 0.25) is 5.89 Å². The third kappa shape index (κ3) is 4.30. The Morgan fingerprint density at radius 2 is 2.22 bits per heavy atom. The monoisotopic (exact) mass is 370 g/mol. The molecule has 1 unspecified atom stereocenters. The van der Waals surface area contributed by atoms with Gasteiger partial charge in [0, 0.05) is 37.0 Å². The van der Waals surface area contributed by atoms with Crippen molar-refractivity contribution in [2.75, 3.05) is 6.54 Å². The zero-order chi connectivity index (χ0) is 19.4. The highest BCUT2D eigenvalue weighted by molar-refractivity contribution is 5.98. The standard InChI is InChI=1S/C18H22N6O3/c1-10(2)17-22-13(24-27-17)6-8-20-16(25)14-11(3)21-18(26)23-15(14)12-5-4-7-19-9-12/h4-5,7,9-10,15H,6,8H2,1-3H3,(H,20,25)(H2,21,23,26). The van der Waals surface area contributed by atoms with Gasteiger partial charge in [0.1, 0.15) is 0 Å². The molecule has 3 amide bonds. The summed E-state index contributed by atoms with van der Waals surface area (Å²) in [6, 6.07) is 2.66. The molecule has 2 aromatic rings. The first-order chi connectivity index (χ1) is 13.0. The van der Waals surface area contributed by atoms with Gasteiger partial charge in [-0.05, 0) is 18.6 Å². The summed E-state index contributed by atoms with van der Waals surface area (Å²) in [5, 5.41) is 12.2. The van der Waals surface area contributed by atoms with Crippen LogP contribution in [0.15, 0.2) is 40.3 Å². The van der Waals surface area contributed by atoms with Crippen LogP contribution in [0.5, 0.6) is 0 Å². The van der Waals surface area contributed by atoms with Crippen LogP contribution in [0.1, 0.15) is 50.0 Å².